The van der Waals surface area contributed by atoms with E-state index in [2.05, 4.69) is 23.7 Å². The topological polar surface area (TPSA) is 153 Å². The molecule has 3 amide bonds. The van der Waals surface area contributed by atoms with Gasteiger partial charge in [0.25, 0.3) is 0 Å². The number of morpholine rings is 1. The molecule has 64 heavy (non-hydrogen) atoms. The minimum Gasteiger partial charge on any atom is -0.497 e. The molecule has 2 N–H and O–H groups in total. The maximum absolute atomic E-state index is 16.2. The second kappa shape index (κ2) is 19.0. The van der Waals surface area contributed by atoms with Gasteiger partial charge in [-0.1, -0.05) is 90.7 Å². The number of cyclic esters (lactones) is 1. The molecule has 8 rings (SSSR count). The van der Waals surface area contributed by atoms with Crippen LogP contribution in [0.4, 0.5) is 10.5 Å². The molecule has 0 aromatic heterocycles. The summed E-state index contributed by atoms with van der Waals surface area (Å²) in [5.41, 5.74) is 1.60. The molecule has 5 aromatic rings. The van der Waals surface area contributed by atoms with Gasteiger partial charge in [0.1, 0.15) is 42.3 Å². The number of ether oxygens (including phenoxy) is 5. The lowest BCUT2D eigenvalue weighted by atomic mass is 9.65. The number of esters is 1. The fourth-order valence-corrected chi connectivity index (χ4v) is 9.25. The van der Waals surface area contributed by atoms with Crippen LogP contribution in [0, 0.1) is 17.8 Å². The number of benzene rings is 5. The van der Waals surface area contributed by atoms with Crippen LogP contribution in [-0.2, 0) is 34.0 Å². The van der Waals surface area contributed by atoms with Crippen LogP contribution in [0.25, 0.3) is 0 Å². The van der Waals surface area contributed by atoms with Crippen LogP contribution in [-0.4, -0.2) is 87.1 Å². The summed E-state index contributed by atoms with van der Waals surface area (Å²) in [5.74, 6) is 3.88. The van der Waals surface area contributed by atoms with E-state index < -0.39 is 59.4 Å². The number of nitrogens with one attached hydrogen (secondary N) is 1. The quantitative estimate of drug-likeness (QED) is 0.0601. The number of aliphatic hydroxyl groups excluding tert-OH is 1. The Morgan fingerprint density at radius 1 is 0.797 bits per heavy atom. The Bertz CT molecular complexity index is 2580. The SMILES string of the molecule is C=CCNC(=O)[C@H]1[C@@H]2C(=O)O[C@@H](c3ccccc3)[C@@H](c3ccccc3)N2[C@@H](c2ccc(OCCO)cc2)[C@]12C(=O)N(C(=O)OCCOC)c1ccc(C#Cc3ccc(OC)cc3)cc12. The molecule has 3 heterocycles. The van der Waals surface area contributed by atoms with Crippen molar-refractivity contribution < 1.29 is 48.0 Å². The summed E-state index contributed by atoms with van der Waals surface area (Å²) in [6.07, 6.45) is -0.376. The van der Waals surface area contributed by atoms with Gasteiger partial charge in [-0.2, -0.15) is 0 Å². The van der Waals surface area contributed by atoms with Crippen LogP contribution in [0.1, 0.15) is 51.6 Å². The van der Waals surface area contributed by atoms with E-state index in [4.69, 9.17) is 23.7 Å². The Hall–Kier alpha value is -7.24. The van der Waals surface area contributed by atoms with Crippen molar-refractivity contribution in [3.05, 3.63) is 173 Å². The van der Waals surface area contributed by atoms with E-state index >= 15 is 14.4 Å². The fraction of sp³-hybridized carbons (Fsp3) is 0.255. The van der Waals surface area contributed by atoms with E-state index in [9.17, 15) is 9.90 Å². The molecule has 0 bridgehead atoms. The highest BCUT2D eigenvalue weighted by molar-refractivity contribution is 6.23. The first-order valence-electron chi connectivity index (χ1n) is 20.9. The molecule has 6 atom stereocenters. The van der Waals surface area contributed by atoms with Crippen molar-refractivity contribution in [3.63, 3.8) is 0 Å². The van der Waals surface area contributed by atoms with Crippen LogP contribution >= 0.6 is 0 Å². The molecule has 0 saturated carbocycles. The summed E-state index contributed by atoms with van der Waals surface area (Å²) in [6, 6.07) is 34.8. The van der Waals surface area contributed by atoms with Gasteiger partial charge >= 0.3 is 12.1 Å². The molecule has 3 aliphatic heterocycles. The van der Waals surface area contributed by atoms with Crippen molar-refractivity contribution >= 4 is 29.6 Å². The number of methoxy groups -OCH3 is 2. The van der Waals surface area contributed by atoms with Crippen LogP contribution in [0.3, 0.4) is 0 Å². The molecule has 0 aliphatic carbocycles. The van der Waals surface area contributed by atoms with E-state index in [0.717, 1.165) is 10.5 Å². The van der Waals surface area contributed by atoms with Gasteiger partial charge in [-0.05, 0) is 76.9 Å². The zero-order chi connectivity index (χ0) is 44.8. The molecule has 2 fully saturated rings. The molecular weight excluding hydrogens is 815 g/mol. The molecule has 5 aromatic carbocycles. The molecule has 0 radical (unpaired) electrons. The average Bonchev–Trinajstić information content (AvgIpc) is 3.79. The Balaban J connectivity index is 1.43. The largest absolute Gasteiger partial charge is 0.497 e. The number of imide groups is 1. The molecule has 2 saturated heterocycles. The lowest BCUT2D eigenvalue weighted by molar-refractivity contribution is -0.178. The highest BCUT2D eigenvalue weighted by atomic mass is 16.6. The lowest BCUT2D eigenvalue weighted by Crippen LogP contribution is -2.55. The summed E-state index contributed by atoms with van der Waals surface area (Å²) >= 11 is 0. The number of rotatable bonds is 13. The Labute approximate surface area is 371 Å². The number of aliphatic hydroxyl groups is 1. The zero-order valence-corrected chi connectivity index (χ0v) is 35.3. The molecular formula is C51H47N3O10. The summed E-state index contributed by atoms with van der Waals surface area (Å²) in [6.45, 7) is 3.55. The third-order valence-corrected chi connectivity index (χ3v) is 11.9. The van der Waals surface area contributed by atoms with Crippen molar-refractivity contribution in [2.24, 2.45) is 5.92 Å². The standard InChI is InChI=1S/C51H47N3O10/c1-4-27-52-47(56)42-44-48(57)64-45(36-13-9-6-10-14-36)43(35-11-7-5-8-12-35)54(44)46(37-20-24-39(25-21-37)62-29-28-55)51(42)40-32-34(16-15-33-17-22-38(61-3)23-18-33)19-26-41(40)53(49(51)58)50(59)63-31-30-60-2/h4-14,17-26,32,42-46,55H,1,27-31H2,2-3H3,(H,52,56)/t42-,43-,44-,45+,46+,51-/m1/s1. The third kappa shape index (κ3) is 7.88. The van der Waals surface area contributed by atoms with Crippen LogP contribution in [0.5, 0.6) is 11.5 Å². The van der Waals surface area contributed by atoms with Gasteiger partial charge in [-0.15, -0.1) is 6.58 Å². The Morgan fingerprint density at radius 3 is 2.11 bits per heavy atom. The van der Waals surface area contributed by atoms with Crippen molar-refractivity contribution in [1.29, 1.82) is 0 Å². The summed E-state index contributed by atoms with van der Waals surface area (Å²) in [5, 5.41) is 12.4. The first kappa shape index (κ1) is 43.4. The molecule has 3 aliphatic rings. The average molecular weight is 862 g/mol. The van der Waals surface area contributed by atoms with Gasteiger partial charge in [0.2, 0.25) is 11.8 Å². The predicted octanol–water partition coefficient (Wildman–Crippen LogP) is 6.22. The van der Waals surface area contributed by atoms with Gasteiger partial charge in [-0.3, -0.25) is 19.3 Å². The van der Waals surface area contributed by atoms with Gasteiger partial charge in [0.15, 0.2) is 0 Å². The normalized spacial score (nSPS) is 22.1. The molecule has 326 valence electrons. The highest BCUT2D eigenvalue weighted by Gasteiger charge is 2.75. The third-order valence-electron chi connectivity index (χ3n) is 11.9. The number of carbonyl (C=O) groups excluding carboxylic acids is 4. The first-order chi connectivity index (χ1) is 31.3. The number of amides is 3. The number of carbonyl (C=O) groups is 4. The highest BCUT2D eigenvalue weighted by Crippen LogP contribution is 2.66. The number of fused-ring (bicyclic) bond motifs is 3. The molecule has 1 spiro atoms. The van der Waals surface area contributed by atoms with Gasteiger partial charge in [0.05, 0.1) is 44.0 Å². The minimum absolute atomic E-state index is 0.0146. The summed E-state index contributed by atoms with van der Waals surface area (Å²) < 4.78 is 28.4. The van der Waals surface area contributed by atoms with E-state index in [-0.39, 0.29) is 44.2 Å². The number of hydrogen-bond acceptors (Lipinski definition) is 11. The van der Waals surface area contributed by atoms with Crippen LogP contribution < -0.4 is 19.7 Å². The van der Waals surface area contributed by atoms with Crippen molar-refractivity contribution in [1.82, 2.24) is 10.2 Å². The van der Waals surface area contributed by atoms with Gasteiger partial charge in [-0.25, -0.2) is 9.69 Å². The fourth-order valence-electron chi connectivity index (χ4n) is 9.25. The number of nitrogens with zero attached hydrogens (tertiary/aromatic N) is 2. The number of hydrogen-bond donors (Lipinski definition) is 2. The second-order valence-electron chi connectivity index (χ2n) is 15.4. The minimum atomic E-state index is -2.01. The van der Waals surface area contributed by atoms with Crippen LogP contribution in [0.2, 0.25) is 0 Å². The smallest absolute Gasteiger partial charge is 0.421 e. The van der Waals surface area contributed by atoms with Crippen LogP contribution in [0.15, 0.2) is 140 Å². The van der Waals surface area contributed by atoms with Crippen molar-refractivity contribution in [2.45, 2.75) is 29.6 Å². The Kier molecular flexibility index (Phi) is 12.9. The van der Waals surface area contributed by atoms with Crippen molar-refractivity contribution in [2.75, 3.05) is 52.1 Å². The first-order valence-corrected chi connectivity index (χ1v) is 20.9. The summed E-state index contributed by atoms with van der Waals surface area (Å²) in [7, 11) is 3.04. The zero-order valence-electron chi connectivity index (χ0n) is 35.3. The Morgan fingerprint density at radius 2 is 1.45 bits per heavy atom. The second-order valence-corrected chi connectivity index (χ2v) is 15.4. The monoisotopic (exact) mass is 861 g/mol. The lowest BCUT2D eigenvalue weighted by Gasteiger charge is -2.46. The molecule has 13 nitrogen and oxygen atoms in total. The maximum atomic E-state index is 16.2. The summed E-state index contributed by atoms with van der Waals surface area (Å²) in [4.78, 5) is 63.7. The molecule has 13 heteroatoms. The van der Waals surface area contributed by atoms with Gasteiger partial charge < -0.3 is 34.1 Å². The van der Waals surface area contributed by atoms with E-state index in [1.54, 1.807) is 61.7 Å². The predicted molar refractivity (Wildman–Crippen MR) is 236 cm³/mol. The molecule has 0 unspecified atom stereocenters. The van der Waals surface area contributed by atoms with Crippen molar-refractivity contribution in [3.8, 4) is 23.3 Å². The van der Waals surface area contributed by atoms with E-state index in [1.165, 1.54) is 13.2 Å². The van der Waals surface area contributed by atoms with E-state index in [1.807, 2.05) is 77.7 Å². The number of anilines is 1. The van der Waals surface area contributed by atoms with Gasteiger partial charge in [0, 0.05) is 24.8 Å². The van der Waals surface area contributed by atoms with E-state index in [0.29, 0.717) is 33.8 Å². The maximum Gasteiger partial charge on any atom is 0.421 e.